The molecule has 2 aliphatic heterocycles. The molecule has 0 aromatic heterocycles. The molecule has 80 valence electrons. The van der Waals surface area contributed by atoms with E-state index in [1.807, 2.05) is 6.07 Å². The minimum Gasteiger partial charge on any atom is -0.353 e. The summed E-state index contributed by atoms with van der Waals surface area (Å²) in [7, 11) is 0. The second kappa shape index (κ2) is 3.39. The number of nitrogens with zero attached hydrogens (tertiary/aromatic N) is 1. The molecule has 2 atom stereocenters. The van der Waals surface area contributed by atoms with Gasteiger partial charge in [-0.1, -0.05) is 11.6 Å². The molecular weight excluding hydrogens is 208 g/mol. The lowest BCUT2D eigenvalue weighted by Gasteiger charge is -2.37. The van der Waals surface area contributed by atoms with E-state index < -0.39 is 0 Å². The first-order chi connectivity index (χ1) is 7.25. The van der Waals surface area contributed by atoms with E-state index in [9.17, 15) is 0 Å². The van der Waals surface area contributed by atoms with Gasteiger partial charge in [-0.3, -0.25) is 0 Å². The number of fused-ring (bicyclic) bond motifs is 3. The normalized spacial score (nSPS) is 28.8. The number of piperidine rings is 1. The average molecular weight is 223 g/mol. The van der Waals surface area contributed by atoms with Gasteiger partial charge in [0.15, 0.2) is 0 Å². The first-order valence-electron chi connectivity index (χ1n) is 5.58. The molecule has 0 radical (unpaired) electrons. The van der Waals surface area contributed by atoms with E-state index in [0.717, 1.165) is 17.9 Å². The molecule has 0 aliphatic carbocycles. The zero-order chi connectivity index (χ0) is 10.4. The summed E-state index contributed by atoms with van der Waals surface area (Å²) >= 11 is 6.01. The SMILES string of the molecule is NC1CCCC2Cc3cc(Cl)ccc3N12. The van der Waals surface area contributed by atoms with E-state index in [-0.39, 0.29) is 6.17 Å². The summed E-state index contributed by atoms with van der Waals surface area (Å²) in [6.45, 7) is 0. The minimum absolute atomic E-state index is 0.200. The lowest BCUT2D eigenvalue weighted by molar-refractivity contribution is 0.401. The van der Waals surface area contributed by atoms with Crippen molar-refractivity contribution in [3.8, 4) is 0 Å². The Labute approximate surface area is 95.0 Å². The lowest BCUT2D eigenvalue weighted by Crippen LogP contribution is -2.49. The number of nitrogens with two attached hydrogens (primary N) is 1. The first-order valence-corrected chi connectivity index (χ1v) is 5.96. The molecule has 0 spiro atoms. The van der Waals surface area contributed by atoms with Crippen LogP contribution in [0.25, 0.3) is 0 Å². The highest BCUT2D eigenvalue weighted by atomic mass is 35.5. The van der Waals surface area contributed by atoms with Gasteiger partial charge in [-0.15, -0.1) is 0 Å². The Kier molecular flexibility index (Phi) is 2.15. The second-order valence-electron chi connectivity index (χ2n) is 4.54. The third-order valence-corrected chi connectivity index (χ3v) is 3.80. The molecule has 2 heterocycles. The molecule has 2 aliphatic rings. The molecule has 1 aromatic rings. The van der Waals surface area contributed by atoms with Gasteiger partial charge in [-0.25, -0.2) is 0 Å². The molecule has 0 saturated carbocycles. The second-order valence-corrected chi connectivity index (χ2v) is 4.97. The maximum atomic E-state index is 6.17. The maximum Gasteiger partial charge on any atom is 0.0774 e. The monoisotopic (exact) mass is 222 g/mol. The highest BCUT2D eigenvalue weighted by Gasteiger charge is 2.35. The van der Waals surface area contributed by atoms with Crippen molar-refractivity contribution in [2.75, 3.05) is 4.90 Å². The standard InChI is InChI=1S/C12H15ClN2/c13-9-4-5-11-8(6-9)7-10-2-1-3-12(14)15(10)11/h4-6,10,12H,1-3,7,14H2. The molecule has 1 saturated heterocycles. The molecule has 1 fully saturated rings. The zero-order valence-corrected chi connectivity index (χ0v) is 9.37. The van der Waals surface area contributed by atoms with Gasteiger partial charge in [0.25, 0.3) is 0 Å². The van der Waals surface area contributed by atoms with Crippen molar-refractivity contribution in [3.63, 3.8) is 0 Å². The number of rotatable bonds is 0. The average Bonchev–Trinajstić information content (AvgIpc) is 2.56. The van der Waals surface area contributed by atoms with Gasteiger partial charge in [-0.05, 0) is 49.4 Å². The number of benzene rings is 1. The van der Waals surface area contributed by atoms with Crippen molar-refractivity contribution in [3.05, 3.63) is 28.8 Å². The van der Waals surface area contributed by atoms with Crippen LogP contribution in [0.5, 0.6) is 0 Å². The summed E-state index contributed by atoms with van der Waals surface area (Å²) in [4.78, 5) is 2.38. The molecule has 3 rings (SSSR count). The van der Waals surface area contributed by atoms with Crippen molar-refractivity contribution in [2.45, 2.75) is 37.9 Å². The van der Waals surface area contributed by atoms with Gasteiger partial charge in [0.1, 0.15) is 0 Å². The molecule has 1 aromatic carbocycles. The van der Waals surface area contributed by atoms with Crippen LogP contribution in [-0.4, -0.2) is 12.2 Å². The molecule has 3 heteroatoms. The number of hydrogen-bond donors (Lipinski definition) is 1. The third-order valence-electron chi connectivity index (χ3n) is 3.56. The van der Waals surface area contributed by atoms with Crippen LogP contribution in [0.3, 0.4) is 0 Å². The van der Waals surface area contributed by atoms with Crippen molar-refractivity contribution in [1.82, 2.24) is 0 Å². The first kappa shape index (κ1) is 9.49. The Morgan fingerprint density at radius 1 is 1.33 bits per heavy atom. The predicted molar refractivity (Wildman–Crippen MR) is 63.2 cm³/mol. The fourth-order valence-corrected chi connectivity index (χ4v) is 3.11. The van der Waals surface area contributed by atoms with E-state index in [4.69, 9.17) is 17.3 Å². The van der Waals surface area contributed by atoms with Crippen molar-refractivity contribution in [1.29, 1.82) is 0 Å². The van der Waals surface area contributed by atoms with E-state index in [0.29, 0.717) is 6.04 Å². The van der Waals surface area contributed by atoms with Crippen LogP contribution in [0.15, 0.2) is 18.2 Å². The van der Waals surface area contributed by atoms with Crippen LogP contribution in [0.4, 0.5) is 5.69 Å². The Hall–Kier alpha value is -0.730. The largest absolute Gasteiger partial charge is 0.353 e. The fourth-order valence-electron chi connectivity index (χ4n) is 2.91. The van der Waals surface area contributed by atoms with Crippen LogP contribution >= 0.6 is 11.6 Å². The van der Waals surface area contributed by atoms with Crippen LogP contribution in [0.2, 0.25) is 5.02 Å². The highest BCUT2D eigenvalue weighted by Crippen LogP contribution is 2.39. The summed E-state index contributed by atoms with van der Waals surface area (Å²) in [6, 6.07) is 6.77. The number of halogens is 1. The van der Waals surface area contributed by atoms with Crippen molar-refractivity contribution < 1.29 is 0 Å². The quantitative estimate of drug-likeness (QED) is 0.731. The minimum atomic E-state index is 0.200. The summed E-state index contributed by atoms with van der Waals surface area (Å²) < 4.78 is 0. The van der Waals surface area contributed by atoms with E-state index >= 15 is 0 Å². The summed E-state index contributed by atoms with van der Waals surface area (Å²) in [5.41, 5.74) is 8.83. The topological polar surface area (TPSA) is 29.3 Å². The van der Waals surface area contributed by atoms with E-state index in [1.165, 1.54) is 24.1 Å². The van der Waals surface area contributed by atoms with Crippen LogP contribution < -0.4 is 10.6 Å². The fraction of sp³-hybridized carbons (Fsp3) is 0.500. The van der Waals surface area contributed by atoms with Gasteiger partial charge in [-0.2, -0.15) is 0 Å². The van der Waals surface area contributed by atoms with Crippen LogP contribution in [-0.2, 0) is 6.42 Å². The molecule has 2 nitrogen and oxygen atoms in total. The highest BCUT2D eigenvalue weighted by molar-refractivity contribution is 6.30. The van der Waals surface area contributed by atoms with Gasteiger partial charge in [0, 0.05) is 16.8 Å². The number of hydrogen-bond acceptors (Lipinski definition) is 2. The lowest BCUT2D eigenvalue weighted by atomic mass is 10.00. The van der Waals surface area contributed by atoms with Crippen LogP contribution in [0, 0.1) is 0 Å². The van der Waals surface area contributed by atoms with Gasteiger partial charge < -0.3 is 10.6 Å². The Morgan fingerprint density at radius 2 is 2.20 bits per heavy atom. The van der Waals surface area contributed by atoms with E-state index in [1.54, 1.807) is 0 Å². The molecule has 2 N–H and O–H groups in total. The van der Waals surface area contributed by atoms with Crippen molar-refractivity contribution >= 4 is 17.3 Å². The summed E-state index contributed by atoms with van der Waals surface area (Å²) in [6.07, 6.45) is 4.94. The Morgan fingerprint density at radius 3 is 3.07 bits per heavy atom. The Bertz CT molecular complexity index is 391. The molecule has 2 unspecified atom stereocenters. The maximum absolute atomic E-state index is 6.17. The van der Waals surface area contributed by atoms with Gasteiger partial charge in [0.05, 0.1) is 6.17 Å². The summed E-state index contributed by atoms with van der Waals surface area (Å²) in [5.74, 6) is 0. The number of anilines is 1. The molecule has 0 bridgehead atoms. The third kappa shape index (κ3) is 1.44. The zero-order valence-electron chi connectivity index (χ0n) is 8.62. The smallest absolute Gasteiger partial charge is 0.0774 e. The Balaban J connectivity index is 2.03. The molecule has 15 heavy (non-hydrogen) atoms. The van der Waals surface area contributed by atoms with Gasteiger partial charge >= 0.3 is 0 Å². The molecule has 0 amide bonds. The summed E-state index contributed by atoms with van der Waals surface area (Å²) in [5, 5.41) is 0.835. The van der Waals surface area contributed by atoms with Crippen LogP contribution in [0.1, 0.15) is 24.8 Å². The van der Waals surface area contributed by atoms with Gasteiger partial charge in [0.2, 0.25) is 0 Å². The van der Waals surface area contributed by atoms with E-state index in [2.05, 4.69) is 17.0 Å². The predicted octanol–water partition coefficient (Wildman–Crippen LogP) is 2.54. The van der Waals surface area contributed by atoms with Crippen molar-refractivity contribution in [2.24, 2.45) is 5.73 Å². The molecular formula is C12H15ClN2.